The zero-order valence-corrected chi connectivity index (χ0v) is 13.3. The lowest BCUT2D eigenvalue weighted by Gasteiger charge is -2.26. The van der Waals surface area contributed by atoms with Gasteiger partial charge in [-0.25, -0.2) is 4.39 Å². The number of likely N-dealkylation sites (N-methyl/N-ethyl adjacent to an activating group) is 1. The van der Waals surface area contributed by atoms with Gasteiger partial charge in [0.1, 0.15) is 5.82 Å². The van der Waals surface area contributed by atoms with Gasteiger partial charge in [0, 0.05) is 31.9 Å². The molecule has 0 spiro atoms. The number of nitrogens with two attached hydrogens (primary N) is 1. The Balaban J connectivity index is 2.02. The third kappa shape index (κ3) is 4.68. The summed E-state index contributed by atoms with van der Waals surface area (Å²) in [6, 6.07) is 5.16. The quantitative estimate of drug-likeness (QED) is 0.839. The lowest BCUT2D eigenvalue weighted by molar-refractivity contribution is 0.346. The molecule has 2 rings (SSSR count). The summed E-state index contributed by atoms with van der Waals surface area (Å²) in [5, 5.41) is 0. The number of hydrogen-bond acceptors (Lipinski definition) is 3. The standard InChI is InChI=1S/C17H28FN3/c1-3-16(19)13-14-12-15(18)6-7-17(14)20(2)10-11-21-8-4-5-9-21/h6-7,12,16H,3-5,8-11,13,19H2,1-2H3. The maximum atomic E-state index is 13.5. The minimum atomic E-state index is -0.176. The largest absolute Gasteiger partial charge is 0.373 e. The van der Waals surface area contributed by atoms with Crippen molar-refractivity contribution in [3.8, 4) is 0 Å². The molecule has 1 unspecified atom stereocenters. The van der Waals surface area contributed by atoms with Crippen LogP contribution in [0.3, 0.4) is 0 Å². The van der Waals surface area contributed by atoms with Gasteiger partial charge in [-0.3, -0.25) is 0 Å². The molecule has 4 heteroatoms. The van der Waals surface area contributed by atoms with E-state index < -0.39 is 0 Å². The molecule has 2 N–H and O–H groups in total. The van der Waals surface area contributed by atoms with Gasteiger partial charge in [0.05, 0.1) is 0 Å². The molecular formula is C17H28FN3. The van der Waals surface area contributed by atoms with E-state index in [1.807, 2.05) is 6.07 Å². The molecule has 0 aromatic heterocycles. The smallest absolute Gasteiger partial charge is 0.123 e. The third-order valence-corrected chi connectivity index (χ3v) is 4.41. The molecule has 0 amide bonds. The van der Waals surface area contributed by atoms with E-state index in [1.54, 1.807) is 12.1 Å². The topological polar surface area (TPSA) is 32.5 Å². The van der Waals surface area contributed by atoms with Crippen molar-refractivity contribution in [1.29, 1.82) is 0 Å². The van der Waals surface area contributed by atoms with Crippen LogP contribution in [0.2, 0.25) is 0 Å². The van der Waals surface area contributed by atoms with Crippen LogP contribution < -0.4 is 10.6 Å². The van der Waals surface area contributed by atoms with Gasteiger partial charge in [-0.1, -0.05) is 6.92 Å². The number of benzene rings is 1. The normalized spacial score (nSPS) is 17.1. The molecule has 3 nitrogen and oxygen atoms in total. The molecule has 21 heavy (non-hydrogen) atoms. The van der Waals surface area contributed by atoms with E-state index in [0.29, 0.717) is 0 Å². The number of halogens is 1. The predicted octanol–water partition coefficient (Wildman–Crippen LogP) is 2.64. The fourth-order valence-corrected chi connectivity index (χ4v) is 2.93. The van der Waals surface area contributed by atoms with E-state index in [9.17, 15) is 4.39 Å². The molecule has 0 radical (unpaired) electrons. The van der Waals surface area contributed by atoms with Crippen LogP contribution in [0.25, 0.3) is 0 Å². The highest BCUT2D eigenvalue weighted by atomic mass is 19.1. The van der Waals surface area contributed by atoms with Crippen LogP contribution in [0.5, 0.6) is 0 Å². The summed E-state index contributed by atoms with van der Waals surface area (Å²) in [6.45, 7) is 6.55. The summed E-state index contributed by atoms with van der Waals surface area (Å²) < 4.78 is 13.5. The van der Waals surface area contributed by atoms with E-state index >= 15 is 0 Å². The van der Waals surface area contributed by atoms with Crippen molar-refractivity contribution >= 4 is 5.69 Å². The summed E-state index contributed by atoms with van der Waals surface area (Å²) in [4.78, 5) is 4.73. The summed E-state index contributed by atoms with van der Waals surface area (Å²) in [5.74, 6) is -0.176. The van der Waals surface area contributed by atoms with E-state index in [4.69, 9.17) is 5.73 Å². The number of rotatable bonds is 7. The van der Waals surface area contributed by atoms with Gasteiger partial charge in [-0.15, -0.1) is 0 Å². The Labute approximate surface area is 127 Å². The minimum Gasteiger partial charge on any atom is -0.373 e. The first-order valence-corrected chi connectivity index (χ1v) is 8.07. The van der Waals surface area contributed by atoms with Crippen molar-refractivity contribution < 1.29 is 4.39 Å². The lowest BCUT2D eigenvalue weighted by atomic mass is 10.0. The Kier molecular flexibility index (Phi) is 6.00. The van der Waals surface area contributed by atoms with Gasteiger partial charge in [-0.05, 0) is 62.5 Å². The van der Waals surface area contributed by atoms with Crippen molar-refractivity contribution in [3.63, 3.8) is 0 Å². The second-order valence-corrected chi connectivity index (χ2v) is 6.12. The summed E-state index contributed by atoms with van der Waals surface area (Å²) in [6.07, 6.45) is 4.28. The second-order valence-electron chi connectivity index (χ2n) is 6.12. The summed E-state index contributed by atoms with van der Waals surface area (Å²) in [7, 11) is 2.09. The van der Waals surface area contributed by atoms with Crippen molar-refractivity contribution in [2.24, 2.45) is 5.73 Å². The first-order valence-electron chi connectivity index (χ1n) is 8.07. The van der Waals surface area contributed by atoms with E-state index in [1.165, 1.54) is 25.9 Å². The van der Waals surface area contributed by atoms with E-state index in [-0.39, 0.29) is 11.9 Å². The Morgan fingerprint density at radius 1 is 1.33 bits per heavy atom. The molecule has 1 aliphatic heterocycles. The van der Waals surface area contributed by atoms with Crippen molar-refractivity contribution in [3.05, 3.63) is 29.6 Å². The zero-order chi connectivity index (χ0) is 15.2. The molecule has 0 bridgehead atoms. The summed E-state index contributed by atoms with van der Waals surface area (Å²) >= 11 is 0. The predicted molar refractivity (Wildman–Crippen MR) is 87.3 cm³/mol. The second kappa shape index (κ2) is 7.76. The molecule has 1 aliphatic rings. The molecule has 1 fully saturated rings. The fourth-order valence-electron chi connectivity index (χ4n) is 2.93. The van der Waals surface area contributed by atoms with Gasteiger partial charge in [0.2, 0.25) is 0 Å². The fraction of sp³-hybridized carbons (Fsp3) is 0.647. The minimum absolute atomic E-state index is 0.0949. The van der Waals surface area contributed by atoms with Crippen molar-refractivity contribution in [2.45, 2.75) is 38.6 Å². The van der Waals surface area contributed by atoms with Crippen LogP contribution in [0.1, 0.15) is 31.7 Å². The van der Waals surface area contributed by atoms with Crippen LogP contribution in [-0.4, -0.2) is 44.2 Å². The molecule has 1 atom stereocenters. The van der Waals surface area contributed by atoms with Gasteiger partial charge in [0.15, 0.2) is 0 Å². The van der Waals surface area contributed by atoms with Gasteiger partial charge >= 0.3 is 0 Å². The lowest BCUT2D eigenvalue weighted by Crippen LogP contribution is -2.32. The van der Waals surface area contributed by atoms with Crippen LogP contribution in [0.15, 0.2) is 18.2 Å². The van der Waals surface area contributed by atoms with Crippen molar-refractivity contribution in [2.75, 3.05) is 38.1 Å². The van der Waals surface area contributed by atoms with Gasteiger partial charge < -0.3 is 15.5 Å². The molecule has 1 aromatic carbocycles. The van der Waals surface area contributed by atoms with E-state index in [2.05, 4.69) is 23.8 Å². The monoisotopic (exact) mass is 293 g/mol. The number of nitrogens with zero attached hydrogens (tertiary/aromatic N) is 2. The Morgan fingerprint density at radius 3 is 2.71 bits per heavy atom. The molecule has 0 aliphatic carbocycles. The molecule has 118 valence electrons. The first-order chi connectivity index (χ1) is 10.1. The average Bonchev–Trinajstić information content (AvgIpc) is 2.98. The number of hydrogen-bond donors (Lipinski definition) is 1. The maximum absolute atomic E-state index is 13.5. The van der Waals surface area contributed by atoms with E-state index in [0.717, 1.165) is 37.2 Å². The highest BCUT2D eigenvalue weighted by Gasteiger charge is 2.15. The van der Waals surface area contributed by atoms with Crippen LogP contribution in [0.4, 0.5) is 10.1 Å². The Morgan fingerprint density at radius 2 is 2.05 bits per heavy atom. The van der Waals surface area contributed by atoms with Gasteiger partial charge in [0.25, 0.3) is 0 Å². The number of likely N-dealkylation sites (tertiary alicyclic amines) is 1. The molecule has 1 aromatic rings. The van der Waals surface area contributed by atoms with Crippen LogP contribution in [0, 0.1) is 5.82 Å². The van der Waals surface area contributed by atoms with Crippen LogP contribution in [-0.2, 0) is 6.42 Å². The molecule has 1 heterocycles. The highest BCUT2D eigenvalue weighted by Crippen LogP contribution is 2.22. The average molecular weight is 293 g/mol. The Bertz CT molecular complexity index is 444. The Hall–Kier alpha value is -1.13. The first kappa shape index (κ1) is 16.2. The van der Waals surface area contributed by atoms with Crippen LogP contribution >= 0.6 is 0 Å². The SMILES string of the molecule is CCC(N)Cc1cc(F)ccc1N(C)CCN1CCCC1. The van der Waals surface area contributed by atoms with Gasteiger partial charge in [-0.2, -0.15) is 0 Å². The third-order valence-electron chi connectivity index (χ3n) is 4.41. The molecule has 1 saturated heterocycles. The maximum Gasteiger partial charge on any atom is 0.123 e. The zero-order valence-electron chi connectivity index (χ0n) is 13.3. The highest BCUT2D eigenvalue weighted by molar-refractivity contribution is 5.53. The summed E-state index contributed by atoms with van der Waals surface area (Å²) in [5.41, 5.74) is 8.18. The molecule has 0 saturated carbocycles. The number of anilines is 1. The van der Waals surface area contributed by atoms with Crippen molar-refractivity contribution in [1.82, 2.24) is 4.90 Å². The molecular weight excluding hydrogens is 265 g/mol.